The minimum Gasteiger partial charge on any atom is -0.271 e. The number of carbonyl (C=O) groups is 1. The molecule has 0 aliphatic heterocycles. The van der Waals surface area contributed by atoms with Crippen LogP contribution in [0.4, 0.5) is 4.79 Å². The molecule has 9 heavy (non-hydrogen) atoms. The van der Waals surface area contributed by atoms with E-state index in [4.69, 9.17) is 4.79 Å². The van der Waals surface area contributed by atoms with Gasteiger partial charge in [0.25, 0.3) is 0 Å². The molecule has 0 unspecified atom stereocenters. The van der Waals surface area contributed by atoms with E-state index in [-0.39, 0.29) is 0 Å². The molecule has 0 aliphatic carbocycles. The molecule has 0 spiro atoms. The second-order valence-electron chi connectivity index (χ2n) is 0.624. The monoisotopic (exact) mass is 250 g/mol. The molecule has 0 fully saturated rings. The lowest BCUT2D eigenvalue weighted by molar-refractivity contribution is 0.275. The van der Waals surface area contributed by atoms with Crippen LogP contribution >= 0.6 is 62.1 Å². The van der Waals surface area contributed by atoms with E-state index in [0.717, 1.165) is 0 Å². The van der Waals surface area contributed by atoms with E-state index < -0.39 is 9.90 Å². The van der Waals surface area contributed by atoms with Crippen molar-refractivity contribution in [1.82, 2.24) is 0 Å². The minimum atomic E-state index is -3.22. The molecule has 0 amide bonds. The largest absolute Gasteiger partial charge is 0.339 e. The van der Waals surface area contributed by atoms with Gasteiger partial charge in [0, 0.05) is 0 Å². The van der Waals surface area contributed by atoms with E-state index in [0.29, 0.717) is 0 Å². The van der Waals surface area contributed by atoms with Crippen LogP contribution < -0.4 is 0 Å². The minimum absolute atomic E-state index is 0.889. The van der Waals surface area contributed by atoms with Gasteiger partial charge in [-0.3, -0.25) is 9.36 Å². The highest BCUT2D eigenvalue weighted by Gasteiger charge is 2.02. The molecule has 0 saturated heterocycles. The molecule has 0 bridgehead atoms. The summed E-state index contributed by atoms with van der Waals surface area (Å²) in [5.74, 6) is 0. The topological polar surface area (TPSA) is 34.1 Å². The van der Waals surface area contributed by atoms with Gasteiger partial charge in [0.05, 0.1) is 0 Å². The predicted octanol–water partition coefficient (Wildman–Crippen LogP) is 4.39. The third-order valence-corrected chi connectivity index (χ3v) is 0. The maximum Gasteiger partial charge on any atom is 0.339 e. The Morgan fingerprint density at radius 3 is 1.11 bits per heavy atom. The first-order valence-electron chi connectivity index (χ1n) is 1.27. The van der Waals surface area contributed by atoms with Crippen LogP contribution in [0.5, 0.6) is 0 Å². The molecule has 0 aromatic carbocycles. The second kappa shape index (κ2) is 6.09. The summed E-state index contributed by atoms with van der Waals surface area (Å²) in [6, 6.07) is 0. The third-order valence-electron chi connectivity index (χ3n) is 0. The zero-order chi connectivity index (χ0) is 8.08. The molecular formula is CCl5O2P. The molecule has 0 atom stereocenters. The molecule has 0 aromatic heterocycles. The van der Waals surface area contributed by atoms with Gasteiger partial charge in [-0.1, -0.05) is 0 Å². The van der Waals surface area contributed by atoms with Gasteiger partial charge in [0.15, 0.2) is 0 Å². The van der Waals surface area contributed by atoms with Crippen molar-refractivity contribution in [3.05, 3.63) is 0 Å². The predicted molar refractivity (Wildman–Crippen MR) is 42.3 cm³/mol. The number of halogens is 5. The Kier molecular flexibility index (Phi) is 8.78. The molecule has 8 heteroatoms. The summed E-state index contributed by atoms with van der Waals surface area (Å²) in [5.41, 5.74) is 0. The first-order valence-corrected chi connectivity index (χ1v) is 6.45. The fourth-order valence-electron chi connectivity index (χ4n) is 0. The Hall–Kier alpha value is 1.35. The molecular weight excluding hydrogens is 252 g/mol. The van der Waals surface area contributed by atoms with Crippen LogP contribution in [0, 0.1) is 0 Å². The van der Waals surface area contributed by atoms with Gasteiger partial charge in [-0.05, 0) is 56.9 Å². The molecule has 0 aliphatic rings. The van der Waals surface area contributed by atoms with Crippen LogP contribution in [-0.2, 0) is 4.57 Å². The molecule has 2 nitrogen and oxygen atoms in total. The second-order valence-corrected chi connectivity index (χ2v) is 8.14. The summed E-state index contributed by atoms with van der Waals surface area (Å²) >= 11 is 22.7. The van der Waals surface area contributed by atoms with Gasteiger partial charge in [-0.15, -0.1) is 0 Å². The van der Waals surface area contributed by atoms with E-state index in [1.165, 1.54) is 0 Å². The van der Waals surface area contributed by atoms with Crippen molar-refractivity contribution < 1.29 is 9.36 Å². The molecule has 0 rings (SSSR count). The Morgan fingerprint density at radius 1 is 1.11 bits per heavy atom. The number of hydrogen-bond acceptors (Lipinski definition) is 2. The number of rotatable bonds is 0. The zero-order valence-corrected chi connectivity index (χ0v) is 8.33. The quantitative estimate of drug-likeness (QED) is 0.473. The summed E-state index contributed by atoms with van der Waals surface area (Å²) in [5, 5.41) is -3.22. The van der Waals surface area contributed by atoms with Gasteiger partial charge >= 0.3 is 9.90 Å². The Balaban J connectivity index is 0. The number of hydrogen-bond donors (Lipinski definition) is 0. The summed E-state index contributed by atoms with van der Waals surface area (Å²) < 4.78 is 8.62. The van der Waals surface area contributed by atoms with Crippen LogP contribution in [0.15, 0.2) is 0 Å². The van der Waals surface area contributed by atoms with Gasteiger partial charge < -0.3 is 0 Å². The van der Waals surface area contributed by atoms with E-state index in [9.17, 15) is 4.57 Å². The summed E-state index contributed by atoms with van der Waals surface area (Å²) in [7, 11) is 0. The molecule has 0 saturated carbocycles. The summed E-state index contributed by atoms with van der Waals surface area (Å²) in [6.07, 6.45) is 0. The van der Waals surface area contributed by atoms with E-state index >= 15 is 0 Å². The molecule has 0 aromatic rings. The van der Waals surface area contributed by atoms with Gasteiger partial charge in [-0.25, -0.2) is 0 Å². The first kappa shape index (κ1) is 13.0. The fourth-order valence-corrected chi connectivity index (χ4v) is 0. The van der Waals surface area contributed by atoms with Crippen molar-refractivity contribution in [2.75, 3.05) is 0 Å². The van der Waals surface area contributed by atoms with Crippen LogP contribution in [0.3, 0.4) is 0 Å². The average Bonchev–Trinajstić information content (AvgIpc) is 1.19. The van der Waals surface area contributed by atoms with Crippen molar-refractivity contribution in [1.29, 1.82) is 0 Å². The van der Waals surface area contributed by atoms with Crippen molar-refractivity contribution >= 4 is 66.8 Å². The van der Waals surface area contributed by atoms with Gasteiger partial charge in [0.1, 0.15) is 0 Å². The maximum absolute atomic E-state index is 9.51. The molecule has 0 radical (unpaired) electrons. The average molecular weight is 252 g/mol. The van der Waals surface area contributed by atoms with Crippen LogP contribution in [0.25, 0.3) is 0 Å². The fraction of sp³-hybridized carbons (Fsp3) is 0. The normalized spacial score (nSPS) is 9.44. The lowest BCUT2D eigenvalue weighted by atomic mass is 11.8. The summed E-state index contributed by atoms with van der Waals surface area (Å²) in [6.45, 7) is 0. The molecule has 0 N–H and O–H groups in total. The van der Waals surface area contributed by atoms with Crippen LogP contribution in [0.1, 0.15) is 0 Å². The van der Waals surface area contributed by atoms with Crippen molar-refractivity contribution in [3.63, 3.8) is 0 Å². The SMILES string of the molecule is O=C(Cl)Cl.O=P(Cl)(Cl)Cl. The van der Waals surface area contributed by atoms with E-state index in [1.54, 1.807) is 0 Å². The highest BCUT2D eigenvalue weighted by atomic mass is 36.0. The Labute approximate surface area is 76.1 Å². The lowest BCUT2D eigenvalue weighted by Gasteiger charge is -1.74. The standard InChI is InChI=1S/CCl2O.Cl3OP/c2-1(3)4;1-5(2,3)4. The first-order chi connectivity index (χ1) is 3.73. The number of carbonyl (C=O) groups excluding carboxylic acids is 1. The van der Waals surface area contributed by atoms with E-state index in [1.807, 2.05) is 0 Å². The highest BCUT2D eigenvalue weighted by molar-refractivity contribution is 8.24. The highest BCUT2D eigenvalue weighted by Crippen LogP contribution is 2.61. The lowest BCUT2D eigenvalue weighted by Crippen LogP contribution is -1.46. The summed E-state index contributed by atoms with van der Waals surface area (Å²) in [4.78, 5) is 8.98. The van der Waals surface area contributed by atoms with Crippen molar-refractivity contribution in [3.8, 4) is 0 Å². The van der Waals surface area contributed by atoms with Crippen LogP contribution in [0.2, 0.25) is 0 Å². The van der Waals surface area contributed by atoms with Crippen LogP contribution in [-0.4, -0.2) is 4.70 Å². The zero-order valence-electron chi connectivity index (χ0n) is 3.65. The van der Waals surface area contributed by atoms with Crippen molar-refractivity contribution in [2.45, 2.75) is 0 Å². The third kappa shape index (κ3) is 277. The smallest absolute Gasteiger partial charge is 0.271 e. The molecule has 0 heterocycles. The van der Waals surface area contributed by atoms with E-state index in [2.05, 4.69) is 56.9 Å². The van der Waals surface area contributed by atoms with Gasteiger partial charge in [-0.2, -0.15) is 0 Å². The molecule has 56 valence electrons. The van der Waals surface area contributed by atoms with Gasteiger partial charge in [0.2, 0.25) is 0 Å². The van der Waals surface area contributed by atoms with Crippen molar-refractivity contribution in [2.24, 2.45) is 0 Å². The Morgan fingerprint density at radius 2 is 1.11 bits per heavy atom. The maximum atomic E-state index is 9.51. The Bertz CT molecular complexity index is 115.